The van der Waals surface area contributed by atoms with Crippen molar-refractivity contribution in [3.8, 4) is 5.75 Å². The van der Waals surface area contributed by atoms with Crippen LogP contribution >= 0.6 is 0 Å². The molecule has 1 aliphatic carbocycles. The van der Waals surface area contributed by atoms with Crippen LogP contribution < -0.4 is 8.51 Å². The molecule has 2 rings (SSSR count). The number of allylic oxidation sites excluding steroid dienone is 4. The van der Waals surface area contributed by atoms with Crippen molar-refractivity contribution in [2.75, 3.05) is 0 Å². The summed E-state index contributed by atoms with van der Waals surface area (Å²) in [6.07, 6.45) is 5.71. The van der Waals surface area contributed by atoms with E-state index in [9.17, 15) is 0 Å². The molecule has 142 valence electrons. The van der Waals surface area contributed by atoms with Gasteiger partial charge in [0.25, 0.3) is 0 Å². The van der Waals surface area contributed by atoms with Crippen molar-refractivity contribution in [3.63, 3.8) is 0 Å². The van der Waals surface area contributed by atoms with Crippen LogP contribution in [0.15, 0.2) is 39.4 Å². The molecule has 0 aromatic heterocycles. The van der Waals surface area contributed by atoms with Gasteiger partial charge in [0.1, 0.15) is 0 Å². The molecule has 26 heavy (non-hydrogen) atoms. The molecule has 0 bridgehead atoms. The molecule has 0 atom stereocenters. The minimum atomic E-state index is -1.97. The molecular weight excluding hydrogens is 384 g/mol. The van der Waals surface area contributed by atoms with Crippen LogP contribution in [0.1, 0.15) is 32.8 Å². The summed E-state index contributed by atoms with van der Waals surface area (Å²) >= 11 is -1.97. The quantitative estimate of drug-likeness (QED) is 0.520. The Kier molecular flexibility index (Phi) is 6.29. The first-order valence-electron chi connectivity index (χ1n) is 9.63. The average molecular weight is 421 g/mol. The average Bonchev–Trinajstić information content (AvgIpc) is 2.94. The Balaban J connectivity index is 2.36. The first kappa shape index (κ1) is 21.8. The summed E-state index contributed by atoms with van der Waals surface area (Å²) in [7, 11) is -2.89. The molecule has 0 heterocycles. The fourth-order valence-electron chi connectivity index (χ4n) is 3.28. The Labute approximate surface area is 169 Å². The predicted molar refractivity (Wildman–Crippen MR) is 120 cm³/mol. The Hall–Kier alpha value is -0.482. The number of benzene rings is 1. The van der Waals surface area contributed by atoms with E-state index >= 15 is 0 Å². The SMILES string of the molecule is [CH2]=[Ti]([O]c1cc(C)cc([Si](C)(C)C(C)(C)C)c1)[C]1=C([Si](C)(C)C)C=CC1. The topological polar surface area (TPSA) is 9.23 Å². The summed E-state index contributed by atoms with van der Waals surface area (Å²) < 4.78 is 8.10. The third-order valence-electron chi connectivity index (χ3n) is 5.96. The van der Waals surface area contributed by atoms with Crippen molar-refractivity contribution in [1.29, 1.82) is 0 Å². The first-order chi connectivity index (χ1) is 11.7. The minimum absolute atomic E-state index is 0.324. The monoisotopic (exact) mass is 420 g/mol. The van der Waals surface area contributed by atoms with Gasteiger partial charge in [0, 0.05) is 0 Å². The van der Waals surface area contributed by atoms with Crippen LogP contribution in [0.25, 0.3) is 0 Å². The fraction of sp³-hybridized carbons (Fsp3) is 0.500. The second kappa shape index (κ2) is 7.50. The van der Waals surface area contributed by atoms with Crippen molar-refractivity contribution in [2.24, 2.45) is 0 Å². The maximum atomic E-state index is 6.56. The van der Waals surface area contributed by atoms with E-state index in [4.69, 9.17) is 3.32 Å². The molecule has 0 saturated carbocycles. The van der Waals surface area contributed by atoms with Crippen molar-refractivity contribution in [2.45, 2.75) is 71.9 Å². The predicted octanol–water partition coefficient (Wildman–Crippen LogP) is 6.15. The summed E-state index contributed by atoms with van der Waals surface area (Å²) in [5, 5.41) is 3.40. The van der Waals surface area contributed by atoms with Crippen molar-refractivity contribution in [1.82, 2.24) is 0 Å². The maximum absolute atomic E-state index is 6.56. The molecule has 0 radical (unpaired) electrons. The molecule has 0 N–H and O–H groups in total. The summed E-state index contributed by atoms with van der Waals surface area (Å²) in [6, 6.07) is 6.89. The van der Waals surface area contributed by atoms with Crippen LogP contribution in [0, 0.1) is 6.92 Å². The molecule has 0 aliphatic heterocycles. The van der Waals surface area contributed by atoms with Gasteiger partial charge < -0.3 is 0 Å². The van der Waals surface area contributed by atoms with Crippen molar-refractivity contribution >= 4 is 26.2 Å². The first-order valence-corrected chi connectivity index (χ1v) is 18.7. The second-order valence-electron chi connectivity index (χ2n) is 10.2. The Morgan fingerprint density at radius 3 is 2.19 bits per heavy atom. The van der Waals surface area contributed by atoms with Gasteiger partial charge in [0.05, 0.1) is 0 Å². The zero-order valence-corrected chi connectivity index (χ0v) is 21.8. The van der Waals surface area contributed by atoms with E-state index in [0.717, 1.165) is 12.2 Å². The van der Waals surface area contributed by atoms with Gasteiger partial charge in [0.2, 0.25) is 0 Å². The van der Waals surface area contributed by atoms with E-state index in [1.165, 1.54) is 10.8 Å². The Morgan fingerprint density at radius 1 is 1.04 bits per heavy atom. The summed E-state index contributed by atoms with van der Waals surface area (Å²) in [5.41, 5.74) is 1.30. The van der Waals surface area contributed by atoms with Gasteiger partial charge in [0.15, 0.2) is 0 Å². The normalized spacial score (nSPS) is 15.6. The van der Waals surface area contributed by atoms with Crippen LogP contribution in [0.2, 0.25) is 37.8 Å². The summed E-state index contributed by atoms with van der Waals surface area (Å²) in [4.78, 5) is 4.53. The zero-order valence-electron chi connectivity index (χ0n) is 18.2. The van der Waals surface area contributed by atoms with E-state index in [1.807, 2.05) is 0 Å². The standard InChI is InChI=1S/C13H22OSi.C8H13Si.CH2.Ti/c1-10-7-11(14)9-12(8-10)15(5,6)13(2,3)4;1-9(2,3)8-6-4-5-7-8;;/h7-9,14H,1-6H3;4,6H,5H2,1-3H3;1H2;/q;;;+1/p-1. The van der Waals surface area contributed by atoms with Crippen molar-refractivity contribution < 1.29 is 21.1 Å². The summed E-state index contributed by atoms with van der Waals surface area (Å²) in [5.74, 6) is 1.05. The van der Waals surface area contributed by atoms with E-state index < -0.39 is 33.9 Å². The third-order valence-corrected chi connectivity index (χ3v) is 16.5. The van der Waals surface area contributed by atoms with Crippen LogP contribution in [0.5, 0.6) is 5.75 Å². The molecular formula is C22H36OSi2Ti. The van der Waals surface area contributed by atoms with Crippen LogP contribution in [-0.2, 0) is 17.8 Å². The number of hydrogen-bond donors (Lipinski definition) is 0. The van der Waals surface area contributed by atoms with Gasteiger partial charge in [-0.2, -0.15) is 0 Å². The molecule has 0 amide bonds. The van der Waals surface area contributed by atoms with Crippen molar-refractivity contribution in [3.05, 3.63) is 45.0 Å². The van der Waals surface area contributed by atoms with Crippen LogP contribution in [0.4, 0.5) is 0 Å². The van der Waals surface area contributed by atoms with Crippen LogP contribution in [-0.4, -0.2) is 21.0 Å². The Morgan fingerprint density at radius 2 is 1.65 bits per heavy atom. The van der Waals surface area contributed by atoms with E-state index in [2.05, 4.69) is 95.6 Å². The third kappa shape index (κ3) is 4.67. The number of aryl methyl sites for hydroxylation is 1. The molecule has 0 fully saturated rings. The van der Waals surface area contributed by atoms with E-state index in [0.29, 0.717) is 5.04 Å². The Bertz CT molecular complexity index is 774. The van der Waals surface area contributed by atoms with Crippen LogP contribution in [0.3, 0.4) is 0 Å². The van der Waals surface area contributed by atoms with E-state index in [1.54, 1.807) is 9.07 Å². The molecule has 1 nitrogen and oxygen atoms in total. The van der Waals surface area contributed by atoms with Gasteiger partial charge in [-0.25, -0.2) is 0 Å². The molecule has 1 aliphatic rings. The van der Waals surface area contributed by atoms with Gasteiger partial charge in [-0.05, 0) is 0 Å². The van der Waals surface area contributed by atoms with Gasteiger partial charge >= 0.3 is 170 Å². The number of hydrogen-bond acceptors (Lipinski definition) is 1. The number of rotatable bonds is 5. The van der Waals surface area contributed by atoms with Gasteiger partial charge in [-0.3, -0.25) is 0 Å². The molecule has 0 saturated heterocycles. The second-order valence-corrected chi connectivity index (χ2v) is 23.1. The van der Waals surface area contributed by atoms with Gasteiger partial charge in [-0.1, -0.05) is 0 Å². The zero-order chi connectivity index (χ0) is 19.9. The molecule has 1 aromatic rings. The molecule has 0 spiro atoms. The molecule has 1 aromatic carbocycles. The fourth-order valence-corrected chi connectivity index (χ4v) is 11.2. The van der Waals surface area contributed by atoms with E-state index in [-0.39, 0.29) is 0 Å². The van der Waals surface area contributed by atoms with Gasteiger partial charge in [-0.15, -0.1) is 0 Å². The molecule has 4 heteroatoms. The summed E-state index contributed by atoms with van der Waals surface area (Å²) in [6.45, 7) is 21.5. The molecule has 0 unspecified atom stereocenters.